The molecule has 0 unspecified atom stereocenters. The van der Waals surface area contributed by atoms with Gasteiger partial charge in [-0.1, -0.05) is 0 Å². The molecule has 5 nitrogen and oxygen atoms in total. The molecule has 0 saturated carbocycles. The van der Waals surface area contributed by atoms with Gasteiger partial charge >= 0.3 is 0 Å². The number of aromatic amines is 2. The van der Waals surface area contributed by atoms with Gasteiger partial charge in [0.1, 0.15) is 0 Å². The van der Waals surface area contributed by atoms with Gasteiger partial charge < -0.3 is 15.7 Å². The number of nitrogens with one attached hydrogen (secondary N) is 2. The number of carbonyl (C=O) groups excluding carboxylic acids is 1. The first-order chi connectivity index (χ1) is 10.5. The third-order valence-corrected chi connectivity index (χ3v) is 3.87. The summed E-state index contributed by atoms with van der Waals surface area (Å²) >= 11 is 0. The van der Waals surface area contributed by atoms with Gasteiger partial charge in [0.05, 0.1) is 0 Å². The van der Waals surface area contributed by atoms with Crippen molar-refractivity contribution in [2.45, 2.75) is 20.3 Å². The lowest BCUT2D eigenvalue weighted by Crippen LogP contribution is -2.16. The molecule has 0 aliphatic rings. The second-order valence-corrected chi connectivity index (χ2v) is 5.57. The zero-order chi connectivity index (χ0) is 15.9. The molecule has 2 aromatic heterocycles. The van der Waals surface area contributed by atoms with Crippen LogP contribution >= 0.6 is 0 Å². The maximum atomic E-state index is 12.1. The van der Waals surface area contributed by atoms with Gasteiger partial charge in [0.2, 0.25) is 5.91 Å². The molecule has 0 aliphatic heterocycles. The maximum Gasteiger partial charge on any atom is 0.251 e. The summed E-state index contributed by atoms with van der Waals surface area (Å²) < 4.78 is 0. The quantitative estimate of drug-likeness (QED) is 0.691. The molecule has 0 saturated heterocycles. The molecule has 2 heterocycles. The maximum absolute atomic E-state index is 12.1. The Morgan fingerprint density at radius 1 is 1.23 bits per heavy atom. The monoisotopic (exact) mass is 295 g/mol. The van der Waals surface area contributed by atoms with Crippen LogP contribution < -0.4 is 11.3 Å². The van der Waals surface area contributed by atoms with Crippen molar-refractivity contribution in [1.82, 2.24) is 9.97 Å². The minimum atomic E-state index is -0.471. The molecule has 3 rings (SSSR count). The number of H-pyrrole nitrogens is 2. The van der Waals surface area contributed by atoms with Gasteiger partial charge in [-0.05, 0) is 49.2 Å². The zero-order valence-corrected chi connectivity index (χ0v) is 12.5. The molecule has 0 atom stereocenters. The minimum Gasteiger partial charge on any atom is -0.366 e. The molecule has 1 aromatic carbocycles. The van der Waals surface area contributed by atoms with E-state index in [4.69, 9.17) is 5.73 Å². The third-order valence-electron chi connectivity index (χ3n) is 3.87. The van der Waals surface area contributed by atoms with Crippen LogP contribution in [0, 0.1) is 13.8 Å². The highest BCUT2D eigenvalue weighted by molar-refractivity contribution is 6.06. The number of benzene rings is 1. The van der Waals surface area contributed by atoms with E-state index >= 15 is 0 Å². The number of aromatic nitrogens is 2. The SMILES string of the molecule is Cc1cc(C)c(Cc2cc(C(N)=O)c3cc[nH]c3c2)c(=O)[nH]1. The molecule has 0 fully saturated rings. The molecule has 4 N–H and O–H groups in total. The topological polar surface area (TPSA) is 91.7 Å². The molecule has 3 aromatic rings. The van der Waals surface area contributed by atoms with Crippen molar-refractivity contribution >= 4 is 16.8 Å². The molecule has 0 aliphatic carbocycles. The lowest BCUT2D eigenvalue weighted by atomic mass is 9.98. The summed E-state index contributed by atoms with van der Waals surface area (Å²) in [5.74, 6) is -0.471. The highest BCUT2D eigenvalue weighted by Crippen LogP contribution is 2.22. The summed E-state index contributed by atoms with van der Waals surface area (Å²) in [5.41, 5.74) is 10.0. The van der Waals surface area contributed by atoms with Gasteiger partial charge in [0, 0.05) is 40.3 Å². The molecule has 0 bridgehead atoms. The van der Waals surface area contributed by atoms with Crippen LogP contribution in [0.25, 0.3) is 10.9 Å². The largest absolute Gasteiger partial charge is 0.366 e. The van der Waals surface area contributed by atoms with E-state index in [-0.39, 0.29) is 5.56 Å². The average Bonchev–Trinajstić information content (AvgIpc) is 2.89. The number of carbonyl (C=O) groups is 1. The van der Waals surface area contributed by atoms with Crippen molar-refractivity contribution in [3.05, 3.63) is 68.8 Å². The van der Waals surface area contributed by atoms with Crippen LogP contribution in [0.2, 0.25) is 0 Å². The number of pyridine rings is 1. The summed E-state index contributed by atoms with van der Waals surface area (Å²) in [6.07, 6.45) is 2.22. The van der Waals surface area contributed by atoms with Crippen molar-refractivity contribution in [3.8, 4) is 0 Å². The van der Waals surface area contributed by atoms with Crippen molar-refractivity contribution in [1.29, 1.82) is 0 Å². The predicted molar refractivity (Wildman–Crippen MR) is 86.2 cm³/mol. The molecule has 112 valence electrons. The van der Waals surface area contributed by atoms with Crippen molar-refractivity contribution in [3.63, 3.8) is 0 Å². The third kappa shape index (κ3) is 2.41. The van der Waals surface area contributed by atoms with Gasteiger partial charge in [-0.25, -0.2) is 0 Å². The molecule has 22 heavy (non-hydrogen) atoms. The molecule has 0 spiro atoms. The van der Waals surface area contributed by atoms with Gasteiger partial charge in [-0.3, -0.25) is 9.59 Å². The number of hydrogen-bond donors (Lipinski definition) is 3. The first-order valence-electron chi connectivity index (χ1n) is 7.05. The second kappa shape index (κ2) is 5.18. The fourth-order valence-corrected chi connectivity index (χ4v) is 2.84. The predicted octanol–water partition coefficient (Wildman–Crippen LogP) is 2.16. The van der Waals surface area contributed by atoms with Crippen LogP contribution in [0.4, 0.5) is 0 Å². The Balaban J connectivity index is 2.12. The molecular weight excluding hydrogens is 278 g/mol. The Morgan fingerprint density at radius 3 is 2.68 bits per heavy atom. The summed E-state index contributed by atoms with van der Waals surface area (Å²) in [5, 5.41) is 0.797. The Kier molecular flexibility index (Phi) is 3.33. The summed E-state index contributed by atoms with van der Waals surface area (Å²) in [7, 11) is 0. The van der Waals surface area contributed by atoms with Gasteiger partial charge in [-0.15, -0.1) is 0 Å². The summed E-state index contributed by atoms with van der Waals surface area (Å²) in [6, 6.07) is 7.47. The van der Waals surface area contributed by atoms with Crippen LogP contribution in [0.15, 0.2) is 35.3 Å². The van der Waals surface area contributed by atoms with E-state index in [9.17, 15) is 9.59 Å². The Hall–Kier alpha value is -2.82. The van der Waals surface area contributed by atoms with Crippen LogP contribution in [0.5, 0.6) is 0 Å². The van der Waals surface area contributed by atoms with Gasteiger partial charge in [-0.2, -0.15) is 0 Å². The smallest absolute Gasteiger partial charge is 0.251 e. The second-order valence-electron chi connectivity index (χ2n) is 5.57. The Morgan fingerprint density at radius 2 is 2.00 bits per heavy atom. The van der Waals surface area contributed by atoms with Gasteiger partial charge in [0.15, 0.2) is 0 Å². The molecule has 1 amide bonds. The van der Waals surface area contributed by atoms with Crippen LogP contribution in [0.1, 0.15) is 32.7 Å². The first kappa shape index (κ1) is 14.1. The Labute approximate surface area is 127 Å². The van der Waals surface area contributed by atoms with E-state index in [1.54, 1.807) is 12.3 Å². The number of primary amides is 1. The molecule has 0 radical (unpaired) electrons. The fraction of sp³-hybridized carbons (Fsp3) is 0.176. The average molecular weight is 295 g/mol. The number of hydrogen-bond acceptors (Lipinski definition) is 2. The standard InChI is InChI=1S/C17H17N3O2/c1-9-5-10(2)20-17(22)13(9)6-11-7-14(16(18)21)12-3-4-19-15(12)8-11/h3-5,7-8,19H,6H2,1-2H3,(H2,18,21)(H,20,22). The fourth-order valence-electron chi connectivity index (χ4n) is 2.84. The van der Waals surface area contributed by atoms with E-state index in [0.29, 0.717) is 17.5 Å². The first-order valence-corrected chi connectivity index (χ1v) is 7.05. The van der Waals surface area contributed by atoms with E-state index in [2.05, 4.69) is 9.97 Å². The zero-order valence-electron chi connectivity index (χ0n) is 12.5. The van der Waals surface area contributed by atoms with E-state index < -0.39 is 5.91 Å². The lowest BCUT2D eigenvalue weighted by molar-refractivity contribution is 0.100. The molecule has 5 heteroatoms. The summed E-state index contributed by atoms with van der Waals surface area (Å²) in [4.78, 5) is 29.7. The van der Waals surface area contributed by atoms with Crippen LogP contribution in [-0.2, 0) is 6.42 Å². The number of aryl methyl sites for hydroxylation is 2. The van der Waals surface area contributed by atoms with E-state index in [1.807, 2.05) is 32.0 Å². The normalized spacial score (nSPS) is 11.0. The molecular formula is C17H17N3O2. The minimum absolute atomic E-state index is 0.0929. The highest BCUT2D eigenvalue weighted by Gasteiger charge is 2.12. The number of amides is 1. The number of nitrogens with two attached hydrogens (primary N) is 1. The number of rotatable bonds is 3. The van der Waals surface area contributed by atoms with Crippen LogP contribution in [-0.4, -0.2) is 15.9 Å². The van der Waals surface area contributed by atoms with Gasteiger partial charge in [0.25, 0.3) is 5.56 Å². The summed E-state index contributed by atoms with van der Waals surface area (Å²) in [6.45, 7) is 3.77. The van der Waals surface area contributed by atoms with Crippen LogP contribution in [0.3, 0.4) is 0 Å². The van der Waals surface area contributed by atoms with Crippen molar-refractivity contribution < 1.29 is 4.79 Å². The van der Waals surface area contributed by atoms with E-state index in [1.165, 1.54) is 0 Å². The van der Waals surface area contributed by atoms with Crippen molar-refractivity contribution in [2.75, 3.05) is 0 Å². The highest BCUT2D eigenvalue weighted by atomic mass is 16.1. The van der Waals surface area contributed by atoms with Crippen molar-refractivity contribution in [2.24, 2.45) is 5.73 Å². The Bertz CT molecular complexity index is 935. The lowest BCUT2D eigenvalue weighted by Gasteiger charge is -2.08. The number of fused-ring (bicyclic) bond motifs is 1. The van der Waals surface area contributed by atoms with E-state index in [0.717, 1.165) is 27.7 Å².